The van der Waals surface area contributed by atoms with Gasteiger partial charge in [0.15, 0.2) is 0 Å². The van der Waals surface area contributed by atoms with Crippen LogP contribution in [0.4, 0.5) is 23.7 Å². The number of nitrogens with one attached hydrogen (secondary N) is 1. The summed E-state index contributed by atoms with van der Waals surface area (Å²) in [4.78, 5) is 20.9. The maximum Gasteiger partial charge on any atom is 0.416 e. The number of pyridine rings is 1. The van der Waals surface area contributed by atoms with E-state index in [1.54, 1.807) is 30.3 Å². The summed E-state index contributed by atoms with van der Waals surface area (Å²) in [5.41, 5.74) is 0.729. The fourth-order valence-corrected chi connectivity index (χ4v) is 6.06. The van der Waals surface area contributed by atoms with Gasteiger partial charge in [0.25, 0.3) is 0 Å². The lowest BCUT2D eigenvalue weighted by Gasteiger charge is -2.40. The van der Waals surface area contributed by atoms with Gasteiger partial charge in [0.1, 0.15) is 5.15 Å². The zero-order valence-electron chi connectivity index (χ0n) is 21.3. The molecule has 2 aromatic carbocycles. The van der Waals surface area contributed by atoms with Gasteiger partial charge in [-0.25, -0.2) is 9.78 Å². The van der Waals surface area contributed by atoms with Gasteiger partial charge < -0.3 is 5.32 Å². The van der Waals surface area contributed by atoms with Crippen molar-refractivity contribution in [1.29, 1.82) is 0 Å². The van der Waals surface area contributed by atoms with E-state index in [4.69, 9.17) is 34.8 Å². The third-order valence-corrected chi connectivity index (χ3v) is 8.49. The lowest BCUT2D eigenvalue weighted by Crippen LogP contribution is -2.48. The van der Waals surface area contributed by atoms with E-state index in [-0.39, 0.29) is 18.7 Å². The van der Waals surface area contributed by atoms with Crippen LogP contribution in [0.2, 0.25) is 15.2 Å². The van der Waals surface area contributed by atoms with Crippen LogP contribution < -0.4 is 10.2 Å². The second-order valence-corrected chi connectivity index (χ2v) is 11.3. The molecule has 2 aliphatic rings. The Morgan fingerprint density at radius 2 is 1.82 bits per heavy atom. The number of alkyl halides is 3. The van der Waals surface area contributed by atoms with Crippen LogP contribution in [0.3, 0.4) is 0 Å². The molecule has 210 valence electrons. The highest BCUT2D eigenvalue weighted by molar-refractivity contribution is 6.42. The van der Waals surface area contributed by atoms with Crippen LogP contribution in [-0.4, -0.2) is 42.1 Å². The first-order valence-electron chi connectivity index (χ1n) is 12.8. The maximum absolute atomic E-state index is 14.2. The Bertz CT molecular complexity index is 1440. The van der Waals surface area contributed by atoms with Crippen molar-refractivity contribution in [3.8, 4) is 0 Å². The number of hydrogen-bond donors (Lipinski definition) is 1. The van der Waals surface area contributed by atoms with E-state index in [0.717, 1.165) is 17.2 Å². The van der Waals surface area contributed by atoms with E-state index in [2.05, 4.69) is 15.2 Å². The summed E-state index contributed by atoms with van der Waals surface area (Å²) < 4.78 is 42.6. The van der Waals surface area contributed by atoms with E-state index in [1.165, 1.54) is 17.2 Å². The van der Waals surface area contributed by atoms with Gasteiger partial charge >= 0.3 is 12.2 Å². The summed E-state index contributed by atoms with van der Waals surface area (Å²) in [6.45, 7) is 2.20. The molecule has 1 aromatic heterocycles. The minimum absolute atomic E-state index is 0.178. The number of piperidine rings is 1. The Morgan fingerprint density at radius 1 is 1.05 bits per heavy atom. The van der Waals surface area contributed by atoms with Crippen LogP contribution in [0.1, 0.15) is 35.1 Å². The number of fused-ring (bicyclic) bond motifs is 2. The lowest BCUT2D eigenvalue weighted by atomic mass is 9.72. The van der Waals surface area contributed by atoms with E-state index >= 15 is 0 Å². The minimum Gasteiger partial charge on any atom is -0.334 e. The van der Waals surface area contributed by atoms with Gasteiger partial charge in [0.2, 0.25) is 0 Å². The highest BCUT2D eigenvalue weighted by Gasteiger charge is 2.51. The zero-order chi connectivity index (χ0) is 28.5. The van der Waals surface area contributed by atoms with Crippen molar-refractivity contribution in [2.45, 2.75) is 31.0 Å². The first kappa shape index (κ1) is 28.7. The lowest BCUT2D eigenvalue weighted by molar-refractivity contribution is -0.138. The van der Waals surface area contributed by atoms with Crippen LogP contribution >= 0.6 is 34.8 Å². The van der Waals surface area contributed by atoms with E-state index in [0.29, 0.717) is 53.4 Å². The number of amides is 2. The number of hydrogen-bond acceptors (Lipinski definition) is 3. The van der Waals surface area contributed by atoms with Crippen molar-refractivity contribution >= 4 is 52.6 Å². The molecular formula is C29H26Cl3F3N4O. The quantitative estimate of drug-likeness (QED) is 0.300. The molecule has 11 heteroatoms. The number of benzene rings is 2. The molecule has 0 unspecified atom stereocenters. The van der Waals surface area contributed by atoms with Crippen molar-refractivity contribution < 1.29 is 18.0 Å². The minimum atomic E-state index is -4.53. The monoisotopic (exact) mass is 608 g/mol. The average Bonchev–Trinajstić information content (AvgIpc) is 3.24. The van der Waals surface area contributed by atoms with Crippen molar-refractivity contribution in [2.24, 2.45) is 0 Å². The van der Waals surface area contributed by atoms with Crippen LogP contribution in [0.5, 0.6) is 0 Å². The number of halogens is 6. The highest BCUT2D eigenvalue weighted by atomic mass is 35.5. The predicted molar refractivity (Wildman–Crippen MR) is 153 cm³/mol. The molecule has 40 heavy (non-hydrogen) atoms. The Balaban J connectivity index is 1.32. The summed E-state index contributed by atoms with van der Waals surface area (Å²) in [5.74, 6) is 0. The summed E-state index contributed by atoms with van der Waals surface area (Å²) in [7, 11) is 0. The third-order valence-electron chi connectivity index (χ3n) is 7.54. The Labute approximate surface area is 245 Å². The molecule has 1 saturated heterocycles. The number of aromatic nitrogens is 1. The fourth-order valence-electron chi connectivity index (χ4n) is 5.56. The molecule has 5 rings (SSSR count). The summed E-state index contributed by atoms with van der Waals surface area (Å²) >= 11 is 18.0. The first-order chi connectivity index (χ1) is 19.1. The van der Waals surface area contributed by atoms with Crippen molar-refractivity contribution in [3.63, 3.8) is 0 Å². The molecule has 0 atom stereocenters. The number of rotatable bonds is 5. The standard InChI is InChI=1S/C29H26Cl3F3N4O/c30-22-7-6-19(15-23(22)31)3-2-12-38-13-9-28(10-14-38)18-39(24-5-1-4-21(26(24)28)29(33,34)35)27(40)37-17-20-8-11-36-25(32)16-20/h1-8,11,15-16H,9-10,12-14,17-18H2,(H,37,40). The van der Waals surface area contributed by atoms with Gasteiger partial charge in [-0.3, -0.25) is 9.80 Å². The predicted octanol–water partition coefficient (Wildman–Crippen LogP) is 7.84. The fraction of sp³-hybridized carbons (Fsp3) is 0.310. The molecule has 3 heterocycles. The van der Waals surface area contributed by atoms with Gasteiger partial charge in [-0.1, -0.05) is 59.1 Å². The van der Waals surface area contributed by atoms with Gasteiger partial charge in [0, 0.05) is 36.9 Å². The molecule has 1 spiro atoms. The second kappa shape index (κ2) is 11.6. The van der Waals surface area contributed by atoms with E-state index < -0.39 is 23.2 Å². The molecule has 2 aliphatic heterocycles. The number of likely N-dealkylation sites (tertiary alicyclic amines) is 1. The number of anilines is 1. The molecule has 3 aromatic rings. The molecule has 0 aliphatic carbocycles. The molecule has 0 bridgehead atoms. The summed E-state index contributed by atoms with van der Waals surface area (Å²) in [6, 6.07) is 12.4. The first-order valence-corrected chi connectivity index (χ1v) is 13.9. The summed E-state index contributed by atoms with van der Waals surface area (Å²) in [6.07, 6.45) is 1.95. The molecule has 1 N–H and O–H groups in total. The largest absolute Gasteiger partial charge is 0.416 e. The smallest absolute Gasteiger partial charge is 0.334 e. The molecule has 0 radical (unpaired) electrons. The van der Waals surface area contributed by atoms with Gasteiger partial charge in [-0.05, 0) is 79.0 Å². The van der Waals surface area contributed by atoms with E-state index in [9.17, 15) is 18.0 Å². The zero-order valence-corrected chi connectivity index (χ0v) is 23.6. The van der Waals surface area contributed by atoms with Crippen molar-refractivity contribution in [1.82, 2.24) is 15.2 Å². The topological polar surface area (TPSA) is 48.5 Å². The Hall–Kier alpha value is -2.78. The highest BCUT2D eigenvalue weighted by Crippen LogP contribution is 2.51. The van der Waals surface area contributed by atoms with Gasteiger partial charge in [0.05, 0.1) is 15.6 Å². The molecule has 0 saturated carbocycles. The van der Waals surface area contributed by atoms with Crippen molar-refractivity contribution in [3.05, 3.63) is 98.3 Å². The molecular weight excluding hydrogens is 584 g/mol. The van der Waals surface area contributed by atoms with Gasteiger partial charge in [-0.2, -0.15) is 13.2 Å². The Morgan fingerprint density at radius 3 is 2.52 bits per heavy atom. The molecule has 1 fully saturated rings. The molecule has 5 nitrogen and oxygen atoms in total. The second-order valence-electron chi connectivity index (χ2n) is 10.1. The Kier molecular flexibility index (Phi) is 8.34. The van der Waals surface area contributed by atoms with Crippen LogP contribution in [0, 0.1) is 0 Å². The number of nitrogens with zero attached hydrogens (tertiary/aromatic N) is 3. The number of urea groups is 1. The number of carbonyl (C=O) groups excluding carboxylic acids is 1. The molecule has 2 amide bonds. The summed E-state index contributed by atoms with van der Waals surface area (Å²) in [5, 5.41) is 4.09. The average molecular weight is 610 g/mol. The normalized spacial score (nSPS) is 17.0. The van der Waals surface area contributed by atoms with Crippen LogP contribution in [0.25, 0.3) is 6.08 Å². The van der Waals surface area contributed by atoms with Gasteiger partial charge in [-0.15, -0.1) is 0 Å². The van der Waals surface area contributed by atoms with Crippen LogP contribution in [-0.2, 0) is 18.1 Å². The third kappa shape index (κ3) is 6.10. The maximum atomic E-state index is 14.2. The SMILES string of the molecule is O=C(NCc1ccnc(Cl)c1)N1CC2(CCN(CC=Cc3ccc(Cl)c(Cl)c3)CC2)c2c1cccc2C(F)(F)F. The van der Waals surface area contributed by atoms with E-state index in [1.807, 2.05) is 18.2 Å². The van der Waals surface area contributed by atoms with Crippen LogP contribution in [0.15, 0.2) is 60.8 Å². The van der Waals surface area contributed by atoms with Crippen molar-refractivity contribution in [2.75, 3.05) is 31.1 Å². The number of carbonyl (C=O) groups is 1.